The average Bonchev–Trinajstić information content (AvgIpc) is 2.86. The fraction of sp³-hybridized carbons (Fsp3) is 0.0625. The molecule has 3 rings (SSSR count). The summed E-state index contributed by atoms with van der Waals surface area (Å²) < 4.78 is 5.23. The van der Waals surface area contributed by atoms with Crippen LogP contribution in [0.5, 0.6) is 5.75 Å². The molecule has 0 saturated carbocycles. The summed E-state index contributed by atoms with van der Waals surface area (Å²) in [6.45, 7) is 0. The number of aromatic amines is 1. The highest BCUT2D eigenvalue weighted by atomic mass is 32.2. The predicted octanol–water partition coefficient (Wildman–Crippen LogP) is 4.14. The van der Waals surface area contributed by atoms with E-state index in [0.29, 0.717) is 5.69 Å². The number of carbonyl (C=O) groups excluding carboxylic acids is 1. The maximum atomic E-state index is 11.1. The number of hydrogen-bond acceptors (Lipinski definition) is 3. The third-order valence-electron chi connectivity index (χ3n) is 3.09. The van der Waals surface area contributed by atoms with Crippen LogP contribution in [0, 0.1) is 0 Å². The third-order valence-corrected chi connectivity index (χ3v) is 4.10. The zero-order valence-corrected chi connectivity index (χ0v) is 11.7. The molecule has 0 aliphatic heterocycles. The first-order chi connectivity index (χ1) is 9.81. The summed E-state index contributed by atoms with van der Waals surface area (Å²) in [5.74, 6) is 0.821. The van der Waals surface area contributed by atoms with Gasteiger partial charge in [0.15, 0.2) is 6.29 Å². The van der Waals surface area contributed by atoms with Gasteiger partial charge >= 0.3 is 0 Å². The summed E-state index contributed by atoms with van der Waals surface area (Å²) in [4.78, 5) is 15.4. The lowest BCUT2D eigenvalue weighted by Crippen LogP contribution is -1.82. The van der Waals surface area contributed by atoms with E-state index in [4.69, 9.17) is 4.74 Å². The maximum absolute atomic E-state index is 11.1. The van der Waals surface area contributed by atoms with Gasteiger partial charge in [-0.3, -0.25) is 4.79 Å². The van der Waals surface area contributed by atoms with Crippen LogP contribution >= 0.6 is 11.8 Å². The molecular formula is C16H13NO2S. The number of H-pyrrole nitrogens is 1. The molecule has 1 heterocycles. The van der Waals surface area contributed by atoms with Gasteiger partial charge in [-0.25, -0.2) is 0 Å². The SMILES string of the molecule is COc1cccc(Sc2[nH]c(C=O)c3ccccc23)c1. The number of carbonyl (C=O) groups is 1. The normalized spacial score (nSPS) is 10.7. The number of nitrogens with one attached hydrogen (secondary N) is 1. The van der Waals surface area contributed by atoms with Crippen molar-refractivity contribution >= 4 is 28.8 Å². The number of hydrogen-bond donors (Lipinski definition) is 1. The van der Waals surface area contributed by atoms with Crippen LogP contribution in [0.1, 0.15) is 10.5 Å². The maximum Gasteiger partial charge on any atom is 0.166 e. The van der Waals surface area contributed by atoms with Crippen LogP contribution in [0.15, 0.2) is 58.5 Å². The fourth-order valence-corrected chi connectivity index (χ4v) is 3.14. The molecule has 0 amide bonds. The van der Waals surface area contributed by atoms with E-state index in [9.17, 15) is 4.79 Å². The molecule has 0 radical (unpaired) electrons. The van der Waals surface area contributed by atoms with Gasteiger partial charge in [0.2, 0.25) is 0 Å². The minimum absolute atomic E-state index is 0.617. The van der Waals surface area contributed by atoms with Crippen LogP contribution < -0.4 is 4.74 Å². The standard InChI is InChI=1S/C16H13NO2S/c1-19-11-5-4-6-12(9-11)20-16-14-8-3-2-7-13(14)15(10-18)17-16/h2-10,17H,1H3. The average molecular weight is 283 g/mol. The van der Waals surface area contributed by atoms with Gasteiger partial charge in [-0.1, -0.05) is 42.1 Å². The van der Waals surface area contributed by atoms with E-state index in [0.717, 1.165) is 32.7 Å². The number of rotatable bonds is 4. The van der Waals surface area contributed by atoms with Crippen molar-refractivity contribution in [2.24, 2.45) is 0 Å². The number of aldehydes is 1. The number of aromatic nitrogens is 1. The molecule has 0 aliphatic carbocycles. The molecule has 1 N–H and O–H groups in total. The van der Waals surface area contributed by atoms with Crippen LogP contribution in [-0.2, 0) is 0 Å². The first-order valence-electron chi connectivity index (χ1n) is 6.19. The predicted molar refractivity (Wildman–Crippen MR) is 80.8 cm³/mol. The first kappa shape index (κ1) is 12.8. The van der Waals surface area contributed by atoms with Crippen molar-refractivity contribution in [3.05, 3.63) is 54.2 Å². The molecule has 0 spiro atoms. The lowest BCUT2D eigenvalue weighted by molar-refractivity contribution is 0.112. The summed E-state index contributed by atoms with van der Waals surface area (Å²) >= 11 is 1.59. The third kappa shape index (κ3) is 2.30. The Morgan fingerprint density at radius 3 is 2.65 bits per heavy atom. The van der Waals surface area contributed by atoms with Crippen molar-refractivity contribution in [2.75, 3.05) is 7.11 Å². The van der Waals surface area contributed by atoms with E-state index in [-0.39, 0.29) is 0 Å². The monoisotopic (exact) mass is 283 g/mol. The van der Waals surface area contributed by atoms with Gasteiger partial charge < -0.3 is 9.72 Å². The van der Waals surface area contributed by atoms with E-state index in [1.807, 2.05) is 48.5 Å². The molecule has 3 aromatic rings. The van der Waals surface area contributed by atoms with Crippen molar-refractivity contribution in [2.45, 2.75) is 9.92 Å². The lowest BCUT2D eigenvalue weighted by atomic mass is 10.2. The molecular weight excluding hydrogens is 270 g/mol. The van der Waals surface area contributed by atoms with Gasteiger partial charge in [0, 0.05) is 15.7 Å². The molecule has 0 saturated heterocycles. The Kier molecular flexibility index (Phi) is 3.48. The van der Waals surface area contributed by atoms with E-state index >= 15 is 0 Å². The van der Waals surface area contributed by atoms with Crippen molar-refractivity contribution in [3.63, 3.8) is 0 Å². The van der Waals surface area contributed by atoms with E-state index in [2.05, 4.69) is 4.98 Å². The number of benzene rings is 2. The van der Waals surface area contributed by atoms with Gasteiger partial charge in [0.05, 0.1) is 17.8 Å². The largest absolute Gasteiger partial charge is 0.497 e. The highest BCUT2D eigenvalue weighted by Gasteiger charge is 2.10. The van der Waals surface area contributed by atoms with Crippen LogP contribution in [0.2, 0.25) is 0 Å². The van der Waals surface area contributed by atoms with Crippen LogP contribution in [-0.4, -0.2) is 18.4 Å². The fourth-order valence-electron chi connectivity index (χ4n) is 2.13. The second kappa shape index (κ2) is 5.43. The van der Waals surface area contributed by atoms with Gasteiger partial charge in [0.25, 0.3) is 0 Å². The van der Waals surface area contributed by atoms with Gasteiger partial charge in [-0.05, 0) is 18.2 Å². The summed E-state index contributed by atoms with van der Waals surface area (Å²) in [7, 11) is 1.65. The zero-order valence-electron chi connectivity index (χ0n) is 10.9. The Morgan fingerprint density at radius 2 is 1.90 bits per heavy atom. The van der Waals surface area contributed by atoms with Crippen LogP contribution in [0.4, 0.5) is 0 Å². The Balaban J connectivity index is 2.04. The smallest absolute Gasteiger partial charge is 0.166 e. The van der Waals surface area contributed by atoms with Gasteiger partial charge in [0.1, 0.15) is 5.75 Å². The molecule has 3 nitrogen and oxygen atoms in total. The Bertz CT molecular complexity index is 764. The molecule has 2 aromatic carbocycles. The minimum atomic E-state index is 0.617. The van der Waals surface area contributed by atoms with Crippen molar-refractivity contribution in [1.29, 1.82) is 0 Å². The topological polar surface area (TPSA) is 42.1 Å². The highest BCUT2D eigenvalue weighted by Crippen LogP contribution is 2.35. The number of methoxy groups -OCH3 is 1. The van der Waals surface area contributed by atoms with Crippen molar-refractivity contribution in [3.8, 4) is 5.75 Å². The molecule has 0 bridgehead atoms. The minimum Gasteiger partial charge on any atom is -0.497 e. The molecule has 1 aromatic heterocycles. The Labute approximate surface area is 121 Å². The van der Waals surface area contributed by atoms with E-state index in [1.54, 1.807) is 18.9 Å². The van der Waals surface area contributed by atoms with Crippen molar-refractivity contribution < 1.29 is 9.53 Å². The van der Waals surface area contributed by atoms with Gasteiger partial charge in [-0.2, -0.15) is 0 Å². The van der Waals surface area contributed by atoms with Gasteiger partial charge in [-0.15, -0.1) is 0 Å². The van der Waals surface area contributed by atoms with E-state index < -0.39 is 0 Å². The summed E-state index contributed by atoms with van der Waals surface area (Å²) in [5, 5.41) is 2.98. The zero-order chi connectivity index (χ0) is 13.9. The highest BCUT2D eigenvalue weighted by molar-refractivity contribution is 7.99. The van der Waals surface area contributed by atoms with Crippen LogP contribution in [0.25, 0.3) is 10.8 Å². The quantitative estimate of drug-likeness (QED) is 0.732. The molecule has 100 valence electrons. The molecule has 0 fully saturated rings. The Hall–Kier alpha value is -2.20. The second-order valence-electron chi connectivity index (χ2n) is 4.31. The molecule has 20 heavy (non-hydrogen) atoms. The molecule has 0 aliphatic rings. The number of fused-ring (bicyclic) bond motifs is 1. The molecule has 0 unspecified atom stereocenters. The summed E-state index contributed by atoms with van der Waals surface area (Å²) in [5.41, 5.74) is 0.617. The summed E-state index contributed by atoms with van der Waals surface area (Å²) in [6, 6.07) is 15.7. The summed E-state index contributed by atoms with van der Waals surface area (Å²) in [6.07, 6.45) is 0.859. The van der Waals surface area contributed by atoms with E-state index in [1.165, 1.54) is 0 Å². The number of ether oxygens (including phenoxy) is 1. The first-order valence-corrected chi connectivity index (χ1v) is 7.01. The van der Waals surface area contributed by atoms with Crippen LogP contribution in [0.3, 0.4) is 0 Å². The van der Waals surface area contributed by atoms with Crippen molar-refractivity contribution in [1.82, 2.24) is 4.98 Å². The lowest BCUT2D eigenvalue weighted by Gasteiger charge is -2.03. The molecule has 4 heteroatoms. The second-order valence-corrected chi connectivity index (χ2v) is 5.40. The molecule has 0 atom stereocenters. The Morgan fingerprint density at radius 1 is 1.10 bits per heavy atom.